The summed E-state index contributed by atoms with van der Waals surface area (Å²) in [7, 11) is 0. The lowest BCUT2D eigenvalue weighted by atomic mass is 9.75. The second-order valence-electron chi connectivity index (χ2n) is 11.5. The molecule has 0 radical (unpaired) electrons. The fourth-order valence-electron chi connectivity index (χ4n) is 5.49. The molecule has 1 amide bonds. The van der Waals surface area contributed by atoms with Crippen molar-refractivity contribution < 1.29 is 45.3 Å². The molecule has 8 nitrogen and oxygen atoms in total. The molecule has 4 aromatic rings. The molecule has 14 heteroatoms. The minimum absolute atomic E-state index is 0.0994. The van der Waals surface area contributed by atoms with Gasteiger partial charge in [-0.1, -0.05) is 26.3 Å². The molecule has 1 unspecified atom stereocenters. The van der Waals surface area contributed by atoms with Gasteiger partial charge >= 0.3 is 12.7 Å². The Morgan fingerprint density at radius 2 is 1.60 bits per heavy atom. The van der Waals surface area contributed by atoms with Crippen molar-refractivity contribution in [3.05, 3.63) is 66.7 Å². The summed E-state index contributed by atoms with van der Waals surface area (Å²) < 4.78 is 90.9. The molecule has 1 saturated carbocycles. The zero-order chi connectivity index (χ0) is 32.4. The first-order valence-electron chi connectivity index (χ1n) is 14.1. The Morgan fingerprint density at radius 1 is 0.911 bits per heavy atom. The Kier molecular flexibility index (Phi) is 8.77. The smallest absolute Gasteiger partial charge is 0.484 e. The van der Waals surface area contributed by atoms with E-state index in [4.69, 9.17) is 9.72 Å². The molecule has 0 saturated heterocycles. The van der Waals surface area contributed by atoms with Crippen LogP contribution in [0.25, 0.3) is 11.0 Å². The lowest BCUT2D eigenvalue weighted by Crippen LogP contribution is -2.25. The summed E-state index contributed by atoms with van der Waals surface area (Å²) in [6.45, 7) is 3.99. The van der Waals surface area contributed by atoms with Crippen LogP contribution in [-0.2, 0) is 4.79 Å². The minimum Gasteiger partial charge on any atom is -0.484 e. The zero-order valence-electron chi connectivity index (χ0n) is 24.3. The van der Waals surface area contributed by atoms with Gasteiger partial charge in [-0.2, -0.15) is 0 Å². The lowest BCUT2D eigenvalue weighted by molar-refractivity contribution is -0.275. The van der Waals surface area contributed by atoms with Gasteiger partial charge in [0.1, 0.15) is 17.2 Å². The van der Waals surface area contributed by atoms with Crippen LogP contribution in [0.5, 0.6) is 17.2 Å². The third-order valence-electron chi connectivity index (χ3n) is 7.27. The van der Waals surface area contributed by atoms with Gasteiger partial charge in [0.2, 0.25) is 5.95 Å². The first-order valence-corrected chi connectivity index (χ1v) is 14.1. The van der Waals surface area contributed by atoms with E-state index in [1.165, 1.54) is 36.4 Å². The number of ether oxygens (including phenoxy) is 3. The first-order chi connectivity index (χ1) is 21.1. The third-order valence-corrected chi connectivity index (χ3v) is 7.27. The number of hydrogen-bond donors (Lipinski definition) is 2. The number of imidazole rings is 1. The molecule has 45 heavy (non-hydrogen) atoms. The predicted octanol–water partition coefficient (Wildman–Crippen LogP) is 8.74. The van der Waals surface area contributed by atoms with Crippen LogP contribution in [0.1, 0.15) is 45.6 Å². The molecular formula is C31H30F6N4O4. The van der Waals surface area contributed by atoms with Gasteiger partial charge in [-0.05, 0) is 73.2 Å². The summed E-state index contributed by atoms with van der Waals surface area (Å²) in [4.78, 5) is 17.2. The van der Waals surface area contributed by atoms with Crippen LogP contribution in [0.2, 0.25) is 0 Å². The predicted molar refractivity (Wildman–Crippen MR) is 155 cm³/mol. The minimum atomic E-state index is -4.86. The van der Waals surface area contributed by atoms with Crippen molar-refractivity contribution in [3.63, 3.8) is 0 Å². The topological polar surface area (TPSA) is 86.6 Å². The van der Waals surface area contributed by atoms with Crippen LogP contribution >= 0.6 is 0 Å². The maximum Gasteiger partial charge on any atom is 0.573 e. The zero-order valence-corrected chi connectivity index (χ0v) is 24.3. The molecule has 1 aromatic heterocycles. The second kappa shape index (κ2) is 12.4. The number of nitrogens with zero attached hydrogens (tertiary/aromatic N) is 2. The van der Waals surface area contributed by atoms with Crippen molar-refractivity contribution in [1.82, 2.24) is 9.55 Å². The van der Waals surface area contributed by atoms with E-state index in [-0.39, 0.29) is 22.9 Å². The molecular weight excluding hydrogens is 606 g/mol. The van der Waals surface area contributed by atoms with Gasteiger partial charge in [0.25, 0.3) is 5.91 Å². The molecule has 1 aliphatic rings. The van der Waals surface area contributed by atoms with Gasteiger partial charge in [0.05, 0.1) is 11.0 Å². The molecule has 1 heterocycles. The molecule has 3 aromatic carbocycles. The van der Waals surface area contributed by atoms with Gasteiger partial charge in [0, 0.05) is 29.5 Å². The Hall–Kier alpha value is -4.62. The number of anilines is 3. The summed E-state index contributed by atoms with van der Waals surface area (Å²) in [5, 5.41) is 5.69. The maximum absolute atomic E-state index is 12.6. The summed E-state index contributed by atoms with van der Waals surface area (Å²) in [6.07, 6.45) is -5.76. The fraction of sp³-hybridized carbons (Fsp3) is 0.355. The molecule has 1 atom stereocenters. The largest absolute Gasteiger partial charge is 0.573 e. The molecule has 0 spiro atoms. The summed E-state index contributed by atoms with van der Waals surface area (Å²) in [6, 6.07) is 15.5. The molecule has 5 rings (SSSR count). The van der Waals surface area contributed by atoms with Crippen molar-refractivity contribution in [2.75, 3.05) is 17.2 Å². The van der Waals surface area contributed by atoms with Crippen LogP contribution in [0.15, 0.2) is 66.7 Å². The highest BCUT2D eigenvalue weighted by molar-refractivity contribution is 5.92. The average molecular weight is 637 g/mol. The molecule has 1 aliphatic carbocycles. The number of aromatic nitrogens is 2. The number of halogens is 6. The van der Waals surface area contributed by atoms with Crippen LogP contribution in [-0.4, -0.2) is 34.8 Å². The van der Waals surface area contributed by atoms with Gasteiger partial charge in [-0.15, -0.1) is 26.3 Å². The van der Waals surface area contributed by atoms with E-state index in [9.17, 15) is 31.1 Å². The number of carbonyl (C=O) groups is 1. The van der Waals surface area contributed by atoms with E-state index < -0.39 is 31.0 Å². The average Bonchev–Trinajstić information content (AvgIpc) is 3.28. The number of carbonyl (C=O) groups excluding carboxylic acids is 1. The number of rotatable bonds is 9. The van der Waals surface area contributed by atoms with Crippen molar-refractivity contribution in [3.8, 4) is 17.2 Å². The van der Waals surface area contributed by atoms with Crippen LogP contribution in [0, 0.1) is 5.41 Å². The van der Waals surface area contributed by atoms with Gasteiger partial charge in [0.15, 0.2) is 6.61 Å². The normalized spacial score (nSPS) is 16.7. The van der Waals surface area contributed by atoms with E-state index in [2.05, 4.69) is 38.5 Å². The maximum atomic E-state index is 12.6. The van der Waals surface area contributed by atoms with E-state index in [1.54, 1.807) is 12.1 Å². The number of nitrogens with one attached hydrogen (secondary N) is 2. The van der Waals surface area contributed by atoms with E-state index >= 15 is 0 Å². The quantitative estimate of drug-likeness (QED) is 0.179. The number of benzene rings is 3. The highest BCUT2D eigenvalue weighted by Gasteiger charge is 2.33. The first kappa shape index (κ1) is 31.8. The number of alkyl halides is 6. The third kappa shape index (κ3) is 8.73. The fourth-order valence-corrected chi connectivity index (χ4v) is 5.49. The Morgan fingerprint density at radius 3 is 2.29 bits per heavy atom. The highest BCUT2D eigenvalue weighted by Crippen LogP contribution is 2.44. The van der Waals surface area contributed by atoms with E-state index in [1.807, 2.05) is 6.07 Å². The number of hydrogen-bond acceptors (Lipinski definition) is 6. The van der Waals surface area contributed by atoms with Crippen LogP contribution in [0.3, 0.4) is 0 Å². The van der Waals surface area contributed by atoms with Crippen molar-refractivity contribution in [2.45, 2.75) is 58.3 Å². The number of amides is 1. The number of fused-ring (bicyclic) bond motifs is 1. The Labute approximate surface area is 254 Å². The second-order valence-corrected chi connectivity index (χ2v) is 11.5. The SMILES string of the molecule is CC1(C)CCCC(n2c(Nc3ccc(OC(F)(F)F)cc3)nc3cc(OCC(=O)Nc4cccc(OC(F)(F)F)c4)ccc32)C1. The molecule has 0 aliphatic heterocycles. The standard InChI is InChI=1S/C31H30F6N4O4/c1-29(2)14-4-6-21(17-29)41-26-13-12-23(43-18-27(42)38-20-5-3-7-24(15-20)45-31(35,36)37)16-25(26)40-28(41)39-19-8-10-22(11-9-19)44-30(32,33)34/h3,5,7-13,15-16,21H,4,6,14,17-18H2,1-2H3,(H,38,42)(H,39,40). The van der Waals surface area contributed by atoms with Crippen molar-refractivity contribution >= 4 is 34.3 Å². The van der Waals surface area contributed by atoms with Crippen molar-refractivity contribution in [1.29, 1.82) is 0 Å². The van der Waals surface area contributed by atoms with Gasteiger partial charge in [-0.25, -0.2) is 4.98 Å². The molecule has 0 bridgehead atoms. The monoisotopic (exact) mass is 636 g/mol. The van der Waals surface area contributed by atoms with E-state index in [0.717, 1.165) is 43.3 Å². The Bertz CT molecular complexity index is 1650. The Balaban J connectivity index is 1.34. The summed E-state index contributed by atoms with van der Waals surface area (Å²) in [5.41, 5.74) is 2.07. The molecule has 1 fully saturated rings. The molecule has 2 N–H and O–H groups in total. The van der Waals surface area contributed by atoms with Gasteiger partial charge < -0.3 is 29.4 Å². The molecule has 240 valence electrons. The van der Waals surface area contributed by atoms with Crippen LogP contribution in [0.4, 0.5) is 43.7 Å². The van der Waals surface area contributed by atoms with Gasteiger partial charge in [-0.3, -0.25) is 4.79 Å². The lowest BCUT2D eigenvalue weighted by Gasteiger charge is -2.36. The summed E-state index contributed by atoms with van der Waals surface area (Å²) in [5.74, 6) is -0.592. The van der Waals surface area contributed by atoms with Crippen molar-refractivity contribution in [2.24, 2.45) is 5.41 Å². The summed E-state index contributed by atoms with van der Waals surface area (Å²) >= 11 is 0. The van der Waals surface area contributed by atoms with E-state index in [0.29, 0.717) is 22.9 Å². The highest BCUT2D eigenvalue weighted by atomic mass is 19.4. The van der Waals surface area contributed by atoms with Crippen LogP contribution < -0.4 is 24.8 Å².